The van der Waals surface area contributed by atoms with Gasteiger partial charge in [-0.1, -0.05) is 38.7 Å². The lowest BCUT2D eigenvalue weighted by molar-refractivity contribution is 0.119. The third-order valence-corrected chi connectivity index (χ3v) is 2.39. The van der Waals surface area contributed by atoms with Crippen LogP contribution in [0.15, 0.2) is 47.7 Å². The molecule has 2 N–H and O–H groups in total. The molecule has 18 heavy (non-hydrogen) atoms. The first-order chi connectivity index (χ1) is 8.47. The highest BCUT2D eigenvalue weighted by atomic mass is 32.2. The summed E-state index contributed by atoms with van der Waals surface area (Å²) in [5, 5.41) is -3.60. The molecule has 0 aromatic heterocycles. The van der Waals surface area contributed by atoms with Crippen molar-refractivity contribution < 1.29 is 13.2 Å². The van der Waals surface area contributed by atoms with Gasteiger partial charge in [0.15, 0.2) is 5.83 Å². The highest BCUT2D eigenvalue weighted by molar-refractivity contribution is 8.04. The van der Waals surface area contributed by atoms with Crippen LogP contribution in [0.3, 0.4) is 0 Å². The molecule has 0 aliphatic heterocycles. The van der Waals surface area contributed by atoms with Crippen molar-refractivity contribution in [2.45, 2.75) is 26.0 Å². The highest BCUT2D eigenvalue weighted by Crippen LogP contribution is 2.41. The average molecular weight is 279 g/mol. The fourth-order valence-electron chi connectivity index (χ4n) is 0.823. The number of hydrogen-bond acceptors (Lipinski definition) is 2. The number of hydrogen-bond donors (Lipinski definition) is 1. The van der Waals surface area contributed by atoms with E-state index in [1.807, 2.05) is 13.8 Å². The van der Waals surface area contributed by atoms with Gasteiger partial charge in [0.25, 0.3) is 0 Å². The normalized spacial score (nSPS) is 13.3. The van der Waals surface area contributed by atoms with E-state index >= 15 is 0 Å². The van der Waals surface area contributed by atoms with Crippen LogP contribution in [0, 0.1) is 0 Å². The van der Waals surface area contributed by atoms with Gasteiger partial charge >= 0.3 is 5.25 Å². The second kappa shape index (κ2) is 11.2. The van der Waals surface area contributed by atoms with Crippen LogP contribution in [0.2, 0.25) is 0 Å². The van der Waals surface area contributed by atoms with Gasteiger partial charge in [-0.3, -0.25) is 0 Å². The predicted molar refractivity (Wildman–Crippen MR) is 75.2 cm³/mol. The molecular formula is C13H20F3NS. The van der Waals surface area contributed by atoms with E-state index in [0.717, 1.165) is 0 Å². The first kappa shape index (κ1) is 19.4. The molecule has 0 unspecified atom stereocenters. The van der Waals surface area contributed by atoms with Crippen LogP contribution in [0.25, 0.3) is 0 Å². The number of alkyl halides is 2. The summed E-state index contributed by atoms with van der Waals surface area (Å²) in [6.07, 6.45) is 6.45. The van der Waals surface area contributed by atoms with Gasteiger partial charge < -0.3 is 5.73 Å². The molecule has 0 rings (SSSR count). The third-order valence-electron chi connectivity index (χ3n) is 1.43. The minimum Gasteiger partial charge on any atom is -0.327 e. The maximum absolute atomic E-state index is 13.3. The molecule has 0 spiro atoms. The lowest BCUT2D eigenvalue weighted by Gasteiger charge is -2.13. The maximum Gasteiger partial charge on any atom is 0.348 e. The molecule has 5 heteroatoms. The van der Waals surface area contributed by atoms with Crippen LogP contribution in [-0.4, -0.2) is 11.8 Å². The van der Waals surface area contributed by atoms with Crippen molar-refractivity contribution in [2.24, 2.45) is 5.73 Å². The summed E-state index contributed by atoms with van der Waals surface area (Å²) in [7, 11) is 0. The molecule has 0 aromatic carbocycles. The van der Waals surface area contributed by atoms with E-state index in [2.05, 4.69) is 6.58 Å². The van der Waals surface area contributed by atoms with E-state index in [1.165, 1.54) is 18.2 Å². The number of thioether (sulfide) groups is 1. The summed E-state index contributed by atoms with van der Waals surface area (Å²) in [5.74, 6) is -1.53. The van der Waals surface area contributed by atoms with E-state index in [9.17, 15) is 13.2 Å². The zero-order chi connectivity index (χ0) is 14.6. The molecule has 104 valence electrons. The maximum atomic E-state index is 13.3. The first-order valence-electron chi connectivity index (χ1n) is 5.56. The molecule has 0 fully saturated rings. The first-order valence-corrected chi connectivity index (χ1v) is 6.38. The molecule has 0 aliphatic carbocycles. The summed E-state index contributed by atoms with van der Waals surface area (Å²) in [6.45, 7) is 8.82. The van der Waals surface area contributed by atoms with Gasteiger partial charge in [0.05, 0.1) is 0 Å². The van der Waals surface area contributed by atoms with Crippen LogP contribution in [0.1, 0.15) is 20.8 Å². The van der Waals surface area contributed by atoms with Crippen molar-refractivity contribution in [1.82, 2.24) is 0 Å². The van der Waals surface area contributed by atoms with Crippen molar-refractivity contribution in [3.05, 3.63) is 47.7 Å². The summed E-state index contributed by atoms with van der Waals surface area (Å²) in [5.41, 5.74) is 4.97. The Balaban J connectivity index is 0. The predicted octanol–water partition coefficient (Wildman–Crippen LogP) is 4.80. The summed E-state index contributed by atoms with van der Waals surface area (Å²) >= 11 is 0.115. The van der Waals surface area contributed by atoms with Gasteiger partial charge in [-0.15, -0.1) is 0 Å². The molecule has 0 bridgehead atoms. The molecule has 0 saturated carbocycles. The Morgan fingerprint density at radius 3 is 2.33 bits per heavy atom. The minimum atomic E-state index is -3.60. The Labute approximate surface area is 111 Å². The fourth-order valence-corrected chi connectivity index (χ4v) is 1.67. The van der Waals surface area contributed by atoms with Crippen molar-refractivity contribution in [3.8, 4) is 0 Å². The molecule has 0 radical (unpaired) electrons. The van der Waals surface area contributed by atoms with Crippen molar-refractivity contribution in [1.29, 1.82) is 0 Å². The van der Waals surface area contributed by atoms with Gasteiger partial charge in [0, 0.05) is 11.4 Å². The monoisotopic (exact) mass is 279 g/mol. The van der Waals surface area contributed by atoms with Crippen molar-refractivity contribution in [3.63, 3.8) is 0 Å². The Morgan fingerprint density at radius 2 is 1.94 bits per heavy atom. The zero-order valence-electron chi connectivity index (χ0n) is 10.9. The molecule has 0 amide bonds. The van der Waals surface area contributed by atoms with E-state index in [-0.39, 0.29) is 23.2 Å². The SMILES string of the molecule is C=C/C=C(\C=C/C)SC(F)(F)/C(F)=C/CN.CC. The quantitative estimate of drug-likeness (QED) is 0.707. The van der Waals surface area contributed by atoms with Gasteiger partial charge in [0.2, 0.25) is 0 Å². The molecule has 1 nitrogen and oxygen atoms in total. The summed E-state index contributed by atoms with van der Waals surface area (Å²) < 4.78 is 39.5. The Kier molecular flexibility index (Phi) is 12.0. The van der Waals surface area contributed by atoms with Crippen LogP contribution >= 0.6 is 11.8 Å². The largest absolute Gasteiger partial charge is 0.348 e. The second-order valence-corrected chi connectivity index (χ2v) is 3.90. The second-order valence-electron chi connectivity index (χ2n) is 2.71. The molecular weight excluding hydrogens is 259 g/mol. The topological polar surface area (TPSA) is 26.0 Å². The van der Waals surface area contributed by atoms with Crippen molar-refractivity contribution >= 4 is 11.8 Å². The standard InChI is InChI=1S/C11H14F3NS.C2H6/c1-3-5-9(6-4-2)16-11(13,14)10(12)7-8-15;1-2/h3-7H,1,8,15H2,2H3;1-2H3/b6-4-,9-5+,10-7-;. The van der Waals surface area contributed by atoms with Crippen molar-refractivity contribution in [2.75, 3.05) is 6.54 Å². The summed E-state index contributed by atoms with van der Waals surface area (Å²) in [4.78, 5) is 0.225. The molecule has 0 saturated heterocycles. The summed E-state index contributed by atoms with van der Waals surface area (Å²) in [6, 6.07) is 0. The Bertz CT molecular complexity index is 320. The van der Waals surface area contributed by atoms with Gasteiger partial charge in [-0.25, -0.2) is 4.39 Å². The molecule has 0 atom stereocenters. The average Bonchev–Trinajstić information content (AvgIpc) is 2.32. The van der Waals surface area contributed by atoms with E-state index < -0.39 is 11.1 Å². The van der Waals surface area contributed by atoms with Crippen LogP contribution in [0.5, 0.6) is 0 Å². The molecule has 0 aliphatic rings. The van der Waals surface area contributed by atoms with Crippen LogP contribution < -0.4 is 5.73 Å². The van der Waals surface area contributed by atoms with Gasteiger partial charge in [-0.2, -0.15) is 8.78 Å². The smallest absolute Gasteiger partial charge is 0.327 e. The van der Waals surface area contributed by atoms with E-state index in [4.69, 9.17) is 5.73 Å². The lowest BCUT2D eigenvalue weighted by atomic mass is 10.4. The fraction of sp³-hybridized carbons (Fsp3) is 0.385. The lowest BCUT2D eigenvalue weighted by Crippen LogP contribution is -2.13. The number of rotatable bonds is 6. The number of nitrogens with two attached hydrogens (primary N) is 1. The van der Waals surface area contributed by atoms with Gasteiger partial charge in [0.1, 0.15) is 0 Å². The van der Waals surface area contributed by atoms with Crippen LogP contribution in [0.4, 0.5) is 13.2 Å². The van der Waals surface area contributed by atoms with Gasteiger partial charge in [-0.05, 0) is 30.8 Å². The Hall–Kier alpha value is -0.940. The zero-order valence-corrected chi connectivity index (χ0v) is 11.7. The van der Waals surface area contributed by atoms with E-state index in [0.29, 0.717) is 6.08 Å². The minimum absolute atomic E-state index is 0.115. The van der Waals surface area contributed by atoms with Crippen LogP contribution in [-0.2, 0) is 0 Å². The Morgan fingerprint density at radius 1 is 1.39 bits per heavy atom. The molecule has 0 heterocycles. The number of allylic oxidation sites excluding steroid dienone is 4. The molecule has 0 aromatic rings. The highest BCUT2D eigenvalue weighted by Gasteiger charge is 2.36. The van der Waals surface area contributed by atoms with E-state index in [1.54, 1.807) is 13.0 Å². The third kappa shape index (κ3) is 8.20. The number of halogens is 3.